The molecule has 0 heterocycles. The van der Waals surface area contributed by atoms with Crippen LogP contribution in [0.5, 0.6) is 0 Å². The van der Waals surface area contributed by atoms with Crippen molar-refractivity contribution in [2.24, 2.45) is 0 Å². The average Bonchev–Trinajstić information content (AvgIpc) is 0.811. The van der Waals surface area contributed by atoms with Gasteiger partial charge in [-0.3, -0.25) is 0 Å². The number of nitrogens with zero attached hydrogens (tertiary/aromatic N) is 1. The topological polar surface area (TPSA) is 63.4 Å². The van der Waals surface area contributed by atoms with Gasteiger partial charge >= 0.3 is 103 Å². The second kappa shape index (κ2) is 10.5. The van der Waals surface area contributed by atoms with Gasteiger partial charge in [0.1, 0.15) is 0 Å². The van der Waals surface area contributed by atoms with Crippen LogP contribution in [-0.2, 0) is 0 Å². The first-order valence-corrected chi connectivity index (χ1v) is 0.565. The molecule has 0 radical (unpaired) electrons. The molecule has 28 valence electrons. The van der Waals surface area contributed by atoms with Crippen LogP contribution < -0.4 is 103 Å². The summed E-state index contributed by atoms with van der Waals surface area (Å²) in [5.74, 6) is 0. The van der Waals surface area contributed by atoms with Crippen molar-refractivity contribution in [1.29, 1.82) is 0 Å². The zero-order valence-corrected chi connectivity index (χ0v) is 9.96. The minimum Gasteiger partial charge on any atom is -1.00 e. The van der Waals surface area contributed by atoms with Crippen molar-refractivity contribution in [3.63, 3.8) is 0 Å². The number of hydrogen-bond donors (Lipinski definition) is 1. The Bertz CT molecular complexity index is 38.3. The van der Waals surface area contributed by atoms with Crippen LogP contribution in [0.25, 0.3) is 0 Å². The van der Waals surface area contributed by atoms with E-state index in [1.165, 1.54) is 0 Å². The second-order valence-electron chi connectivity index (χ2n) is 0.238. The Balaban J connectivity index is -0.00000000750. The summed E-state index contributed by atoms with van der Waals surface area (Å²) in [4.78, 5) is 8.36. The van der Waals surface area contributed by atoms with Gasteiger partial charge in [-0.05, 0) is 0 Å². The Morgan fingerprint density at radius 1 is 1.67 bits per heavy atom. The minimum absolute atomic E-state index is 0. The molecule has 0 aliphatic rings. The molecule has 0 unspecified atom stereocenters. The molecule has 0 spiro atoms. The maximum absolute atomic E-state index is 8.36. The van der Waals surface area contributed by atoms with E-state index in [2.05, 4.69) is 0 Å². The van der Waals surface area contributed by atoms with Gasteiger partial charge in [0.05, 0.1) is 0 Å². The number of hydrogen-bond acceptors (Lipinski definition) is 2. The van der Waals surface area contributed by atoms with E-state index in [-0.39, 0.29) is 106 Å². The molecule has 0 saturated heterocycles. The molecule has 0 saturated carbocycles. The first-order chi connectivity index (χ1) is 1.73. The van der Waals surface area contributed by atoms with E-state index in [1.807, 2.05) is 0 Å². The van der Waals surface area contributed by atoms with Crippen LogP contribution in [0.2, 0.25) is 0 Å². The fourth-order valence-corrected chi connectivity index (χ4v) is 0. The third-order valence-corrected chi connectivity index (χ3v) is 0. The fourth-order valence-electron chi connectivity index (χ4n) is 0. The van der Waals surface area contributed by atoms with Crippen LogP contribution in [0.15, 0.2) is 0 Å². The van der Waals surface area contributed by atoms with Gasteiger partial charge in [-0.25, -0.2) is 0 Å². The van der Waals surface area contributed by atoms with Crippen molar-refractivity contribution in [3.05, 3.63) is 10.1 Å². The smallest absolute Gasteiger partial charge is 1.00 e. The molecule has 0 atom stereocenters. The van der Waals surface area contributed by atoms with Gasteiger partial charge < -0.3 is 8.06 Å². The van der Waals surface area contributed by atoms with Gasteiger partial charge in [-0.2, -0.15) is 0 Å². The minimum atomic E-state index is -1.50. The van der Waals surface area contributed by atoms with E-state index in [9.17, 15) is 0 Å². The molecule has 1 N–H and O–H groups in total. The van der Waals surface area contributed by atoms with Crippen LogP contribution in [0.3, 0.4) is 0 Å². The monoisotopic (exact) mass is 143 g/mol. The van der Waals surface area contributed by atoms with E-state index in [0.29, 0.717) is 0 Å². The summed E-state index contributed by atoms with van der Waals surface area (Å²) >= 11 is 0. The molecule has 0 aromatic heterocycles. The predicted octanol–water partition coefficient (Wildman–Crippen LogP) is -6.11. The molecule has 0 aromatic carbocycles. The average molecular weight is 143 g/mol. The van der Waals surface area contributed by atoms with Crippen molar-refractivity contribution in [1.82, 2.24) is 0 Å². The van der Waals surface area contributed by atoms with Gasteiger partial charge in [0, 0.05) is 0 Å². The van der Waals surface area contributed by atoms with E-state index >= 15 is 0 Å². The van der Waals surface area contributed by atoms with E-state index in [0.717, 1.165) is 0 Å². The predicted molar refractivity (Wildman–Crippen MR) is 11.0 cm³/mol. The maximum atomic E-state index is 8.36. The van der Waals surface area contributed by atoms with Gasteiger partial charge in [-0.1, -0.05) is 0 Å². The zero-order valence-electron chi connectivity index (χ0n) is 5.71. The summed E-state index contributed by atoms with van der Waals surface area (Å²) in [7, 11) is 0. The largest absolute Gasteiger partial charge is 1.00 e. The molecule has 4 nitrogen and oxygen atoms in total. The van der Waals surface area contributed by atoms with Crippen molar-refractivity contribution in [2.45, 2.75) is 0 Å². The van der Waals surface area contributed by atoms with Crippen LogP contribution in [0.4, 0.5) is 0 Å². The standard InChI is InChI=1S/2K.HNO3.2H/c;;2-1(3)4;;/h;;(H,2,3,4);;/q2*+1;;2*-1. The SMILES string of the molecule is O=[N+]([O-])O.[H-].[H-].[K+].[K+]. The molecule has 0 fully saturated rings. The Hall–Kier alpha value is 2.47. The summed E-state index contributed by atoms with van der Waals surface area (Å²) in [6.45, 7) is 0. The summed E-state index contributed by atoms with van der Waals surface area (Å²) in [6.07, 6.45) is 0. The molecule has 0 aliphatic heterocycles. The Kier molecular flexibility index (Phi) is 27.5. The van der Waals surface area contributed by atoms with Crippen molar-refractivity contribution < 1.29 is 116 Å². The third-order valence-electron chi connectivity index (χ3n) is 0. The third kappa shape index (κ3) is 31.7. The molecule has 0 aromatic rings. The van der Waals surface area contributed by atoms with E-state index in [4.69, 9.17) is 15.3 Å². The first kappa shape index (κ1) is 15.8. The van der Waals surface area contributed by atoms with Gasteiger partial charge in [0.15, 0.2) is 0 Å². The first-order valence-electron chi connectivity index (χ1n) is 0.565. The van der Waals surface area contributed by atoms with Crippen LogP contribution in [0.1, 0.15) is 2.85 Å². The van der Waals surface area contributed by atoms with Crippen LogP contribution in [0, 0.1) is 10.1 Å². The fraction of sp³-hybridized carbons (Fsp3) is 0. The van der Waals surface area contributed by atoms with E-state index < -0.39 is 5.09 Å². The number of rotatable bonds is 0. The summed E-state index contributed by atoms with van der Waals surface area (Å²) in [6, 6.07) is 0. The quantitative estimate of drug-likeness (QED) is 0.208. The van der Waals surface area contributed by atoms with Crippen LogP contribution in [-0.4, -0.2) is 10.3 Å². The molecule has 0 rings (SSSR count). The Labute approximate surface area is 123 Å². The summed E-state index contributed by atoms with van der Waals surface area (Å²) < 4.78 is 0. The molecular formula is H3K2NO3. The van der Waals surface area contributed by atoms with Gasteiger partial charge in [0.2, 0.25) is 0 Å². The Morgan fingerprint density at radius 2 is 1.67 bits per heavy atom. The molecule has 6 heavy (non-hydrogen) atoms. The zero-order chi connectivity index (χ0) is 3.58. The molecule has 6 heteroatoms. The van der Waals surface area contributed by atoms with Gasteiger partial charge in [0.25, 0.3) is 5.09 Å². The molecule has 0 amide bonds. The normalized spacial score (nSPS) is 4.00. The van der Waals surface area contributed by atoms with Crippen molar-refractivity contribution >= 4 is 0 Å². The Morgan fingerprint density at radius 3 is 1.67 bits per heavy atom. The molecule has 0 bridgehead atoms. The molecular weight excluding hydrogens is 140 g/mol. The maximum Gasteiger partial charge on any atom is 1.00 e. The molecule has 0 aliphatic carbocycles. The summed E-state index contributed by atoms with van der Waals surface area (Å²) in [5.41, 5.74) is 0. The van der Waals surface area contributed by atoms with E-state index in [1.54, 1.807) is 0 Å². The second-order valence-corrected chi connectivity index (χ2v) is 0.238. The van der Waals surface area contributed by atoms with Crippen molar-refractivity contribution in [3.8, 4) is 0 Å². The van der Waals surface area contributed by atoms with Crippen molar-refractivity contribution in [2.75, 3.05) is 0 Å². The van der Waals surface area contributed by atoms with Gasteiger partial charge in [-0.15, -0.1) is 10.1 Å². The van der Waals surface area contributed by atoms with Crippen LogP contribution >= 0.6 is 0 Å². The summed E-state index contributed by atoms with van der Waals surface area (Å²) in [5, 5.41) is 13.6.